The van der Waals surface area contributed by atoms with E-state index >= 15 is 0 Å². The van der Waals surface area contributed by atoms with Crippen LogP contribution in [0.25, 0.3) is 11.0 Å². The molecule has 0 radical (unpaired) electrons. The Kier molecular flexibility index (Phi) is 3.63. The summed E-state index contributed by atoms with van der Waals surface area (Å²) in [6.45, 7) is 0.870. The van der Waals surface area contributed by atoms with Gasteiger partial charge in [-0.25, -0.2) is 0 Å². The monoisotopic (exact) mass is 287 g/mol. The molecule has 2 aromatic carbocycles. The quantitative estimate of drug-likeness (QED) is 0.785. The summed E-state index contributed by atoms with van der Waals surface area (Å²) >= 11 is 5.83. The highest BCUT2D eigenvalue weighted by molar-refractivity contribution is 6.30. The number of ether oxygens (including phenoxy) is 1. The van der Waals surface area contributed by atoms with Gasteiger partial charge in [0.1, 0.15) is 23.7 Å². The zero-order valence-corrected chi connectivity index (χ0v) is 11.6. The Bertz CT molecular complexity index is 719. The van der Waals surface area contributed by atoms with Gasteiger partial charge in [-0.05, 0) is 42.0 Å². The van der Waals surface area contributed by atoms with Crippen molar-refractivity contribution in [2.75, 3.05) is 0 Å². The van der Waals surface area contributed by atoms with Gasteiger partial charge in [0.05, 0.1) is 0 Å². The maximum Gasteiger partial charge on any atom is 0.146 e. The van der Waals surface area contributed by atoms with Crippen LogP contribution >= 0.6 is 11.6 Å². The van der Waals surface area contributed by atoms with Gasteiger partial charge in [0.2, 0.25) is 0 Å². The molecule has 3 aromatic rings. The molecular formula is C16H14ClNO2. The smallest absolute Gasteiger partial charge is 0.146 e. The van der Waals surface area contributed by atoms with Crippen LogP contribution in [0.1, 0.15) is 11.3 Å². The van der Waals surface area contributed by atoms with E-state index in [-0.39, 0.29) is 0 Å². The van der Waals surface area contributed by atoms with Crippen LogP contribution in [0.5, 0.6) is 5.75 Å². The summed E-state index contributed by atoms with van der Waals surface area (Å²) in [5.41, 5.74) is 7.63. The SMILES string of the molecule is NCc1cccc2oc(COc3ccc(Cl)cc3)cc12. The summed E-state index contributed by atoms with van der Waals surface area (Å²) in [5, 5.41) is 1.73. The summed E-state index contributed by atoms with van der Waals surface area (Å²) in [5.74, 6) is 1.53. The molecule has 0 saturated heterocycles. The lowest BCUT2D eigenvalue weighted by Gasteiger charge is -2.03. The van der Waals surface area contributed by atoms with Crippen molar-refractivity contribution in [3.8, 4) is 5.75 Å². The van der Waals surface area contributed by atoms with Gasteiger partial charge in [-0.1, -0.05) is 23.7 Å². The molecule has 0 aliphatic heterocycles. The first-order valence-corrected chi connectivity index (χ1v) is 6.73. The van der Waals surface area contributed by atoms with E-state index in [0.717, 1.165) is 28.0 Å². The lowest BCUT2D eigenvalue weighted by Crippen LogP contribution is -1.95. The molecule has 0 saturated carbocycles. The fourth-order valence-electron chi connectivity index (χ4n) is 2.11. The van der Waals surface area contributed by atoms with Crippen molar-refractivity contribution in [1.82, 2.24) is 0 Å². The number of hydrogen-bond donors (Lipinski definition) is 1. The number of furan rings is 1. The van der Waals surface area contributed by atoms with Crippen molar-refractivity contribution in [1.29, 1.82) is 0 Å². The van der Waals surface area contributed by atoms with Gasteiger partial charge in [-0.3, -0.25) is 0 Å². The molecule has 0 bridgehead atoms. The van der Waals surface area contributed by atoms with Crippen molar-refractivity contribution >= 4 is 22.6 Å². The topological polar surface area (TPSA) is 48.4 Å². The lowest BCUT2D eigenvalue weighted by atomic mass is 10.1. The first kappa shape index (κ1) is 13.0. The maximum absolute atomic E-state index is 5.83. The largest absolute Gasteiger partial charge is 0.486 e. The Labute approximate surface area is 121 Å². The van der Waals surface area contributed by atoms with Crippen molar-refractivity contribution in [2.45, 2.75) is 13.2 Å². The van der Waals surface area contributed by atoms with Crippen LogP contribution < -0.4 is 10.5 Å². The van der Waals surface area contributed by atoms with Crippen LogP contribution in [0.15, 0.2) is 52.9 Å². The van der Waals surface area contributed by atoms with Gasteiger partial charge >= 0.3 is 0 Å². The van der Waals surface area contributed by atoms with Gasteiger partial charge in [0, 0.05) is 17.0 Å². The molecule has 1 aromatic heterocycles. The molecule has 0 aliphatic carbocycles. The normalized spacial score (nSPS) is 10.9. The fraction of sp³-hybridized carbons (Fsp3) is 0.125. The van der Waals surface area contributed by atoms with Crippen molar-refractivity contribution in [3.05, 3.63) is 64.9 Å². The predicted octanol–water partition coefficient (Wildman–Crippen LogP) is 4.12. The zero-order chi connectivity index (χ0) is 13.9. The lowest BCUT2D eigenvalue weighted by molar-refractivity contribution is 0.274. The van der Waals surface area contributed by atoms with Gasteiger partial charge in [-0.2, -0.15) is 0 Å². The molecule has 2 N–H and O–H groups in total. The molecule has 102 valence electrons. The summed E-state index contributed by atoms with van der Waals surface area (Å²) in [4.78, 5) is 0. The Morgan fingerprint density at radius 3 is 2.65 bits per heavy atom. The average molecular weight is 288 g/mol. The summed E-state index contributed by atoms with van der Waals surface area (Å²) in [6, 6.07) is 15.1. The second kappa shape index (κ2) is 5.57. The van der Waals surface area contributed by atoms with E-state index in [1.54, 1.807) is 12.1 Å². The summed E-state index contributed by atoms with van der Waals surface area (Å²) < 4.78 is 11.4. The molecule has 0 amide bonds. The second-order valence-electron chi connectivity index (χ2n) is 4.49. The number of fused-ring (bicyclic) bond motifs is 1. The van der Waals surface area contributed by atoms with Gasteiger partial charge in [0.25, 0.3) is 0 Å². The number of hydrogen-bond acceptors (Lipinski definition) is 3. The Balaban J connectivity index is 1.79. The molecule has 0 aliphatic rings. The minimum Gasteiger partial charge on any atom is -0.486 e. The highest BCUT2D eigenvalue weighted by Crippen LogP contribution is 2.24. The third-order valence-corrected chi connectivity index (χ3v) is 3.37. The number of halogens is 1. The van der Waals surface area contributed by atoms with E-state index in [9.17, 15) is 0 Å². The van der Waals surface area contributed by atoms with E-state index in [1.165, 1.54) is 0 Å². The molecule has 1 heterocycles. The van der Waals surface area contributed by atoms with Crippen LogP contribution in [-0.2, 0) is 13.2 Å². The van der Waals surface area contributed by atoms with Crippen LogP contribution in [0.2, 0.25) is 5.02 Å². The highest BCUT2D eigenvalue weighted by Gasteiger charge is 2.07. The Morgan fingerprint density at radius 2 is 1.90 bits per heavy atom. The second-order valence-corrected chi connectivity index (χ2v) is 4.92. The van der Waals surface area contributed by atoms with E-state index in [1.807, 2.05) is 36.4 Å². The van der Waals surface area contributed by atoms with Gasteiger partial charge < -0.3 is 14.9 Å². The molecule has 0 fully saturated rings. The number of nitrogens with two attached hydrogens (primary N) is 1. The molecular weight excluding hydrogens is 274 g/mol. The predicted molar refractivity (Wildman–Crippen MR) is 79.9 cm³/mol. The molecule has 0 unspecified atom stereocenters. The van der Waals surface area contributed by atoms with Gasteiger partial charge in [-0.15, -0.1) is 0 Å². The van der Waals surface area contributed by atoms with Crippen LogP contribution in [0.4, 0.5) is 0 Å². The van der Waals surface area contributed by atoms with Crippen molar-refractivity contribution in [2.24, 2.45) is 5.73 Å². The molecule has 20 heavy (non-hydrogen) atoms. The maximum atomic E-state index is 5.83. The minimum absolute atomic E-state index is 0.375. The van der Waals surface area contributed by atoms with E-state index in [2.05, 4.69) is 0 Å². The van der Waals surface area contributed by atoms with Crippen LogP contribution in [0, 0.1) is 0 Å². The van der Waals surface area contributed by atoms with E-state index in [4.69, 9.17) is 26.5 Å². The van der Waals surface area contributed by atoms with Crippen LogP contribution in [-0.4, -0.2) is 0 Å². The molecule has 0 spiro atoms. The average Bonchev–Trinajstić information content (AvgIpc) is 2.89. The Hall–Kier alpha value is -1.97. The van der Waals surface area contributed by atoms with Crippen LogP contribution in [0.3, 0.4) is 0 Å². The molecule has 4 heteroatoms. The van der Waals surface area contributed by atoms with Gasteiger partial charge in [0.15, 0.2) is 0 Å². The Morgan fingerprint density at radius 1 is 1.10 bits per heavy atom. The summed E-state index contributed by atoms with van der Waals surface area (Å²) in [7, 11) is 0. The number of benzene rings is 2. The fourth-order valence-corrected chi connectivity index (χ4v) is 2.23. The van der Waals surface area contributed by atoms with E-state index in [0.29, 0.717) is 18.2 Å². The standard InChI is InChI=1S/C16H14ClNO2/c17-12-4-6-13(7-5-12)19-10-14-8-15-11(9-18)2-1-3-16(15)20-14/h1-8H,9-10,18H2. The number of rotatable bonds is 4. The zero-order valence-electron chi connectivity index (χ0n) is 10.8. The van der Waals surface area contributed by atoms with E-state index < -0.39 is 0 Å². The third kappa shape index (κ3) is 2.64. The first-order valence-electron chi connectivity index (χ1n) is 6.35. The van der Waals surface area contributed by atoms with Crippen molar-refractivity contribution in [3.63, 3.8) is 0 Å². The highest BCUT2D eigenvalue weighted by atomic mass is 35.5. The summed E-state index contributed by atoms with van der Waals surface area (Å²) in [6.07, 6.45) is 0. The third-order valence-electron chi connectivity index (χ3n) is 3.12. The minimum atomic E-state index is 0.375. The van der Waals surface area contributed by atoms with Crippen molar-refractivity contribution < 1.29 is 9.15 Å². The molecule has 3 rings (SSSR count). The first-order chi connectivity index (χ1) is 9.76. The molecule has 0 atom stereocenters. The molecule has 3 nitrogen and oxygen atoms in total.